The van der Waals surface area contributed by atoms with E-state index in [2.05, 4.69) is 35.8 Å². The Morgan fingerprint density at radius 3 is 1.54 bits per heavy atom. The van der Waals surface area contributed by atoms with Gasteiger partial charge in [0.15, 0.2) is 0 Å². The van der Waals surface area contributed by atoms with E-state index in [4.69, 9.17) is 0 Å². The van der Waals surface area contributed by atoms with Crippen LogP contribution >= 0.6 is 0 Å². The van der Waals surface area contributed by atoms with Crippen LogP contribution in [0.1, 0.15) is 81.0 Å². The van der Waals surface area contributed by atoms with E-state index in [1.165, 1.54) is 80.5 Å². The molecule has 2 atom stereocenters. The molecule has 2 aromatic rings. The largest absolute Gasteiger partial charge is 0.508 e. The first-order chi connectivity index (χ1) is 17.1. The number of fused-ring (bicyclic) bond motifs is 2. The van der Waals surface area contributed by atoms with Crippen LogP contribution in [-0.2, 0) is 25.7 Å². The highest BCUT2D eigenvalue weighted by atomic mass is 16.3. The Hall–Kier alpha value is -2.04. The van der Waals surface area contributed by atoms with Crippen LogP contribution in [0.4, 0.5) is 0 Å². The lowest BCUT2D eigenvalue weighted by Crippen LogP contribution is -2.41. The molecule has 2 N–H and O–H groups in total. The Morgan fingerprint density at radius 1 is 0.657 bits per heavy atom. The van der Waals surface area contributed by atoms with Crippen LogP contribution in [0.15, 0.2) is 36.4 Å². The third kappa shape index (κ3) is 6.59. The van der Waals surface area contributed by atoms with E-state index in [-0.39, 0.29) is 0 Å². The molecule has 0 heterocycles. The number of benzene rings is 2. The molecule has 0 aromatic heterocycles. The number of phenolic OH excluding ortho intramolecular Hbond substituents is 2. The third-order valence-corrected chi connectivity index (χ3v) is 8.31. The van der Waals surface area contributed by atoms with Crippen LogP contribution in [0.2, 0.25) is 0 Å². The normalized spacial score (nSPS) is 19.7. The van der Waals surface area contributed by atoms with Gasteiger partial charge in [0.1, 0.15) is 11.5 Å². The predicted octanol–water partition coefficient (Wildman–Crippen LogP) is 6.11. The van der Waals surface area contributed by atoms with Gasteiger partial charge in [-0.15, -0.1) is 0 Å². The van der Waals surface area contributed by atoms with Crippen molar-refractivity contribution in [2.24, 2.45) is 0 Å². The summed E-state index contributed by atoms with van der Waals surface area (Å²) in [6, 6.07) is 13.3. The molecule has 4 heteroatoms. The van der Waals surface area contributed by atoms with E-state index in [0.717, 1.165) is 38.5 Å². The molecule has 35 heavy (non-hydrogen) atoms. The molecule has 192 valence electrons. The molecule has 0 bridgehead atoms. The summed E-state index contributed by atoms with van der Waals surface area (Å²) in [5, 5.41) is 20.4. The first-order valence-electron chi connectivity index (χ1n) is 14.2. The Kier molecular flexibility index (Phi) is 9.51. The van der Waals surface area contributed by atoms with Gasteiger partial charge in [-0.05, 0) is 125 Å². The van der Waals surface area contributed by atoms with Crippen molar-refractivity contribution >= 4 is 0 Å². The Labute approximate surface area is 213 Å². The lowest BCUT2D eigenvalue weighted by Gasteiger charge is -2.36. The van der Waals surface area contributed by atoms with Crippen molar-refractivity contribution in [3.63, 3.8) is 0 Å². The lowest BCUT2D eigenvalue weighted by molar-refractivity contribution is 0.164. The SMILES string of the molecule is CCCN(CCCCCN(CCC)[C@H]1CCc2c(O)cccc2C1)[C@H]1CCc2c(O)cccc2C1. The number of rotatable bonds is 12. The average Bonchev–Trinajstić information content (AvgIpc) is 2.87. The number of aromatic hydroxyl groups is 2. The van der Waals surface area contributed by atoms with Gasteiger partial charge < -0.3 is 20.0 Å². The van der Waals surface area contributed by atoms with E-state index < -0.39 is 0 Å². The highest BCUT2D eigenvalue weighted by Gasteiger charge is 2.26. The van der Waals surface area contributed by atoms with E-state index in [1.807, 2.05) is 24.3 Å². The Morgan fingerprint density at radius 2 is 1.11 bits per heavy atom. The average molecular weight is 479 g/mol. The van der Waals surface area contributed by atoms with Gasteiger partial charge in [0.25, 0.3) is 0 Å². The molecule has 2 aromatic carbocycles. The van der Waals surface area contributed by atoms with Gasteiger partial charge in [-0.3, -0.25) is 0 Å². The topological polar surface area (TPSA) is 46.9 Å². The molecule has 0 amide bonds. The molecule has 4 rings (SSSR count). The van der Waals surface area contributed by atoms with E-state index >= 15 is 0 Å². The summed E-state index contributed by atoms with van der Waals surface area (Å²) in [5.41, 5.74) is 5.05. The van der Waals surface area contributed by atoms with Crippen LogP contribution in [0.25, 0.3) is 0 Å². The van der Waals surface area contributed by atoms with Crippen molar-refractivity contribution in [1.82, 2.24) is 9.80 Å². The second-order valence-electron chi connectivity index (χ2n) is 10.8. The van der Waals surface area contributed by atoms with E-state index in [1.54, 1.807) is 0 Å². The zero-order valence-electron chi connectivity index (χ0n) is 22.0. The minimum atomic E-state index is 0.484. The number of unbranched alkanes of at least 4 members (excludes halogenated alkanes) is 2. The summed E-state index contributed by atoms with van der Waals surface area (Å²) in [5.74, 6) is 0.968. The standard InChI is InChI=1S/C31H46N2O2/c1-3-18-32(26-14-16-28-24(22-26)10-8-12-30(28)34)20-6-5-7-21-33(19-4-2)27-15-17-29-25(23-27)11-9-13-31(29)35/h8-13,26-27,34-35H,3-7,14-23H2,1-2H3/t26-,27-/m0/s1. The molecule has 0 radical (unpaired) electrons. The second kappa shape index (κ2) is 12.8. The van der Waals surface area contributed by atoms with Gasteiger partial charge >= 0.3 is 0 Å². The maximum Gasteiger partial charge on any atom is 0.119 e. The van der Waals surface area contributed by atoms with Crippen LogP contribution in [0.3, 0.4) is 0 Å². The molecule has 4 nitrogen and oxygen atoms in total. The van der Waals surface area contributed by atoms with Gasteiger partial charge in [0, 0.05) is 12.1 Å². The second-order valence-corrected chi connectivity index (χ2v) is 10.8. The minimum absolute atomic E-state index is 0.484. The summed E-state index contributed by atoms with van der Waals surface area (Å²) in [6.07, 6.45) is 12.7. The van der Waals surface area contributed by atoms with Crippen molar-refractivity contribution in [3.05, 3.63) is 58.7 Å². The van der Waals surface area contributed by atoms with Crippen LogP contribution in [-0.4, -0.2) is 58.3 Å². The molecule has 2 aliphatic rings. The molecule has 0 spiro atoms. The number of phenols is 2. The zero-order valence-corrected chi connectivity index (χ0v) is 22.0. The fourth-order valence-electron chi connectivity index (χ4n) is 6.49. The van der Waals surface area contributed by atoms with E-state index in [0.29, 0.717) is 23.6 Å². The highest BCUT2D eigenvalue weighted by Crippen LogP contribution is 2.32. The minimum Gasteiger partial charge on any atom is -0.508 e. The van der Waals surface area contributed by atoms with E-state index in [9.17, 15) is 10.2 Å². The fourth-order valence-corrected chi connectivity index (χ4v) is 6.49. The van der Waals surface area contributed by atoms with Gasteiger partial charge in [-0.2, -0.15) is 0 Å². The summed E-state index contributed by atoms with van der Waals surface area (Å²) in [4.78, 5) is 5.45. The molecular formula is C31H46N2O2. The van der Waals surface area contributed by atoms with Gasteiger partial charge in [-0.25, -0.2) is 0 Å². The van der Waals surface area contributed by atoms with Crippen molar-refractivity contribution in [1.29, 1.82) is 0 Å². The van der Waals surface area contributed by atoms with Crippen LogP contribution in [0, 0.1) is 0 Å². The Balaban J connectivity index is 1.24. The van der Waals surface area contributed by atoms with Gasteiger partial charge in [-0.1, -0.05) is 44.5 Å². The zero-order chi connectivity index (χ0) is 24.6. The quantitative estimate of drug-likeness (QED) is 0.362. The maximum absolute atomic E-state index is 10.2. The summed E-state index contributed by atoms with van der Waals surface area (Å²) >= 11 is 0. The molecule has 0 fully saturated rings. The van der Waals surface area contributed by atoms with Crippen molar-refractivity contribution in [3.8, 4) is 11.5 Å². The predicted molar refractivity (Wildman–Crippen MR) is 145 cm³/mol. The summed E-state index contributed by atoms with van der Waals surface area (Å²) in [6.45, 7) is 9.32. The molecule has 0 unspecified atom stereocenters. The molecule has 0 saturated heterocycles. The summed E-state index contributed by atoms with van der Waals surface area (Å²) < 4.78 is 0. The number of nitrogens with zero attached hydrogens (tertiary/aromatic N) is 2. The molecule has 0 aliphatic heterocycles. The van der Waals surface area contributed by atoms with Crippen LogP contribution in [0.5, 0.6) is 11.5 Å². The maximum atomic E-state index is 10.2. The van der Waals surface area contributed by atoms with Crippen molar-refractivity contribution in [2.75, 3.05) is 26.2 Å². The lowest BCUT2D eigenvalue weighted by atomic mass is 9.86. The van der Waals surface area contributed by atoms with Crippen molar-refractivity contribution < 1.29 is 10.2 Å². The third-order valence-electron chi connectivity index (χ3n) is 8.31. The van der Waals surface area contributed by atoms with Crippen LogP contribution < -0.4 is 0 Å². The molecule has 2 aliphatic carbocycles. The smallest absolute Gasteiger partial charge is 0.119 e. The first-order valence-corrected chi connectivity index (χ1v) is 14.2. The summed E-state index contributed by atoms with van der Waals surface area (Å²) in [7, 11) is 0. The number of hydrogen-bond donors (Lipinski definition) is 2. The highest BCUT2D eigenvalue weighted by molar-refractivity contribution is 5.42. The number of hydrogen-bond acceptors (Lipinski definition) is 4. The Bertz CT molecular complexity index is 868. The monoisotopic (exact) mass is 478 g/mol. The van der Waals surface area contributed by atoms with Gasteiger partial charge in [0.2, 0.25) is 0 Å². The first kappa shape index (κ1) is 26.0. The van der Waals surface area contributed by atoms with Crippen molar-refractivity contribution in [2.45, 2.75) is 96.6 Å². The molecular weight excluding hydrogens is 432 g/mol. The van der Waals surface area contributed by atoms with Gasteiger partial charge in [0.05, 0.1) is 0 Å². The fraction of sp³-hybridized carbons (Fsp3) is 0.613. The molecule has 0 saturated carbocycles.